The van der Waals surface area contributed by atoms with Gasteiger partial charge in [-0.05, 0) is 99.2 Å². The number of fused-ring (bicyclic) bond motifs is 3. The smallest absolute Gasteiger partial charge is 0.264 e. The van der Waals surface area contributed by atoms with Gasteiger partial charge in [-0.3, -0.25) is 14.4 Å². The van der Waals surface area contributed by atoms with Gasteiger partial charge in [0.25, 0.3) is 11.8 Å². The van der Waals surface area contributed by atoms with Crippen molar-refractivity contribution in [2.75, 3.05) is 30.5 Å². The number of nitrogens with one attached hydrogen (secondary N) is 1. The van der Waals surface area contributed by atoms with Gasteiger partial charge in [-0.1, -0.05) is 103 Å². The average Bonchev–Trinajstić information content (AvgIpc) is 3.67. The fourth-order valence-corrected chi connectivity index (χ4v) is 13.8. The third-order valence-electron chi connectivity index (χ3n) is 13.1. The molecular weight excluding hydrogens is 767 g/mol. The number of hydrogen-bond donors (Lipinski definition) is 2. The van der Waals surface area contributed by atoms with Gasteiger partial charge in [0, 0.05) is 35.8 Å². The summed E-state index contributed by atoms with van der Waals surface area (Å²) in [7, 11) is -0.925. The van der Waals surface area contributed by atoms with Crippen LogP contribution in [-0.2, 0) is 32.9 Å². The fraction of sp³-hybridized carbons (Fsp3) is 0.380. The maximum absolute atomic E-state index is 15.5. The molecule has 3 heterocycles. The molecule has 0 bridgehead atoms. The van der Waals surface area contributed by atoms with Crippen molar-refractivity contribution >= 4 is 42.4 Å². The number of nitrogens with zero attached hydrogens (tertiary/aromatic N) is 2. The summed E-state index contributed by atoms with van der Waals surface area (Å²) in [5, 5.41) is 14.8. The average molecular weight is 826 g/mol. The lowest BCUT2D eigenvalue weighted by molar-refractivity contribution is -0.150. The Hall–Kier alpha value is -5.29. The molecule has 0 aliphatic carbocycles. The van der Waals surface area contributed by atoms with Crippen LogP contribution in [0.15, 0.2) is 120 Å². The van der Waals surface area contributed by atoms with Crippen molar-refractivity contribution in [1.82, 2.24) is 4.90 Å². The number of ether oxygens (including phenoxy) is 2. The molecule has 3 aliphatic heterocycles. The predicted octanol–water partition coefficient (Wildman–Crippen LogP) is 8.54. The lowest BCUT2D eigenvalue weighted by Crippen LogP contribution is -2.52. The monoisotopic (exact) mass is 825 g/mol. The Morgan fingerprint density at radius 2 is 1.65 bits per heavy atom. The minimum Gasteiger partial charge on any atom is -0.497 e. The van der Waals surface area contributed by atoms with Crippen LogP contribution in [0.3, 0.4) is 0 Å². The van der Waals surface area contributed by atoms with Crippen LogP contribution < -0.4 is 20.1 Å². The van der Waals surface area contributed by atoms with Gasteiger partial charge < -0.3 is 29.7 Å². The van der Waals surface area contributed by atoms with Crippen molar-refractivity contribution in [2.24, 2.45) is 5.92 Å². The first kappa shape index (κ1) is 42.8. The molecule has 1 saturated heterocycles. The van der Waals surface area contributed by atoms with Crippen molar-refractivity contribution in [3.63, 3.8) is 0 Å². The number of carbonyl (C=O) groups is 3. The molecule has 3 aliphatic rings. The second-order valence-corrected chi connectivity index (χ2v) is 22.2. The molecule has 0 unspecified atom stereocenters. The topological polar surface area (TPSA) is 108 Å². The highest BCUT2D eigenvalue weighted by atomic mass is 28.3. The summed E-state index contributed by atoms with van der Waals surface area (Å²) in [5.41, 5.74) is 5.58. The Morgan fingerprint density at radius 3 is 2.33 bits per heavy atom. The largest absolute Gasteiger partial charge is 0.497 e. The summed E-state index contributed by atoms with van der Waals surface area (Å²) >= 11 is 0. The summed E-state index contributed by atoms with van der Waals surface area (Å²) in [6.07, 6.45) is 6.16. The van der Waals surface area contributed by atoms with Crippen molar-refractivity contribution in [2.45, 2.75) is 96.3 Å². The Balaban J connectivity index is 1.31. The molecule has 314 valence electrons. The van der Waals surface area contributed by atoms with E-state index in [1.165, 1.54) is 16.3 Å². The molecule has 0 radical (unpaired) electrons. The molecule has 1 spiro atoms. The molecule has 3 amide bonds. The highest BCUT2D eigenvalue weighted by Crippen LogP contribution is 2.60. The highest BCUT2D eigenvalue weighted by Gasteiger charge is 2.66. The van der Waals surface area contributed by atoms with Crippen molar-refractivity contribution in [3.8, 4) is 5.75 Å². The second kappa shape index (κ2) is 17.7. The van der Waals surface area contributed by atoms with Crippen molar-refractivity contribution in [1.29, 1.82) is 0 Å². The van der Waals surface area contributed by atoms with E-state index in [2.05, 4.69) is 76.5 Å². The van der Waals surface area contributed by atoms with Gasteiger partial charge in [-0.15, -0.1) is 0 Å². The van der Waals surface area contributed by atoms with E-state index in [0.717, 1.165) is 35.4 Å². The molecule has 4 aromatic carbocycles. The minimum atomic E-state index is -2.58. The van der Waals surface area contributed by atoms with Crippen LogP contribution in [0.2, 0.25) is 18.6 Å². The molecule has 0 aromatic heterocycles. The van der Waals surface area contributed by atoms with E-state index < -0.39 is 19.8 Å². The third-order valence-corrected chi connectivity index (χ3v) is 17.5. The number of hydrogen-bond acceptors (Lipinski definition) is 6. The lowest BCUT2D eigenvalue weighted by Gasteiger charge is -2.39. The van der Waals surface area contributed by atoms with Crippen molar-refractivity contribution < 1.29 is 29.0 Å². The van der Waals surface area contributed by atoms with E-state index in [4.69, 9.17) is 9.47 Å². The Kier molecular flexibility index (Phi) is 12.7. The maximum atomic E-state index is 15.5. The Morgan fingerprint density at radius 1 is 0.950 bits per heavy atom. The van der Waals surface area contributed by atoms with Crippen LogP contribution >= 0.6 is 0 Å². The quantitative estimate of drug-likeness (QED) is 0.103. The van der Waals surface area contributed by atoms with E-state index in [0.29, 0.717) is 36.3 Å². The molecular formula is C50H59N3O6Si. The zero-order chi connectivity index (χ0) is 42.8. The number of carbonyl (C=O) groups excluding carboxylic acids is 3. The van der Waals surface area contributed by atoms with Gasteiger partial charge in [-0.2, -0.15) is 0 Å². The number of rotatable bonds is 13. The molecule has 2 N–H and O–H groups in total. The van der Waals surface area contributed by atoms with Crippen LogP contribution in [0.25, 0.3) is 0 Å². The highest BCUT2D eigenvalue weighted by molar-refractivity contribution is 6.91. The predicted molar refractivity (Wildman–Crippen MR) is 241 cm³/mol. The number of methoxy groups -OCH3 is 1. The van der Waals surface area contributed by atoms with E-state index in [9.17, 15) is 14.7 Å². The van der Waals surface area contributed by atoms with Gasteiger partial charge in [0.05, 0.1) is 46.0 Å². The molecule has 10 heteroatoms. The van der Waals surface area contributed by atoms with Gasteiger partial charge in [0.15, 0.2) is 5.60 Å². The van der Waals surface area contributed by atoms with Crippen LogP contribution in [0.5, 0.6) is 5.75 Å². The summed E-state index contributed by atoms with van der Waals surface area (Å²) in [6, 6.07) is 30.6. The standard InChI is InChI=1S/C50H59N3O6Si/c1-33(2)14-13-15-34(3)26-27-52-44-25-20-39(51-48(56)36-16-9-8-10-17-36)29-43(44)50(49(52)57)35(4)47(60(6,7)42-23-21-41(58-5)22-24-42)45(59-50)30-46(55)53-31-38-19-12-11-18-37(38)28-40(53)32-54/h8-12,14,16-26,29,35,40,45,47,54H,13,15,27-28,30-32H2,1-7H3,(H,51,56)/b34-26+/t35-,40-,45+,47-,50+/m0/s1. The normalized spacial score (nSPS) is 22.4. The molecule has 4 aromatic rings. The molecule has 1 fully saturated rings. The van der Waals surface area contributed by atoms with Crippen LogP contribution in [-0.4, -0.2) is 68.2 Å². The minimum absolute atomic E-state index is 0.0540. The van der Waals surface area contributed by atoms with Crippen molar-refractivity contribution in [3.05, 3.63) is 143 Å². The summed E-state index contributed by atoms with van der Waals surface area (Å²) in [6.45, 7) is 13.6. The lowest BCUT2D eigenvalue weighted by atomic mass is 9.82. The van der Waals surface area contributed by atoms with Crippen LogP contribution in [0.4, 0.5) is 11.4 Å². The first-order valence-electron chi connectivity index (χ1n) is 21.2. The van der Waals surface area contributed by atoms with Crippen LogP contribution in [0, 0.1) is 5.92 Å². The van der Waals surface area contributed by atoms with E-state index in [1.807, 2.05) is 71.6 Å². The zero-order valence-electron chi connectivity index (χ0n) is 36.0. The number of anilines is 2. The van der Waals surface area contributed by atoms with Gasteiger partial charge in [0.1, 0.15) is 5.75 Å². The molecule has 5 atom stereocenters. The van der Waals surface area contributed by atoms with Gasteiger partial charge in [-0.25, -0.2) is 0 Å². The zero-order valence-corrected chi connectivity index (χ0v) is 37.0. The number of amides is 3. The fourth-order valence-electron chi connectivity index (χ4n) is 9.83. The number of aliphatic hydroxyl groups is 1. The van der Waals surface area contributed by atoms with Gasteiger partial charge in [0.2, 0.25) is 5.91 Å². The summed E-state index contributed by atoms with van der Waals surface area (Å²) < 4.78 is 12.9. The number of aliphatic hydroxyl groups excluding tert-OH is 1. The third kappa shape index (κ3) is 8.25. The SMILES string of the molecule is COc1ccc([Si](C)(C)[C@@H]2[C@@H](CC(=O)N3Cc4ccccc4C[C@H]3CO)O[C@]3(C(=O)N(C/C=C(\C)CCC=C(C)C)c4ccc(NC(=O)c5ccccc5)cc43)[C@H]2C)cc1. The first-order valence-corrected chi connectivity index (χ1v) is 24.3. The van der Waals surface area contributed by atoms with Crippen LogP contribution in [0.1, 0.15) is 74.0 Å². The van der Waals surface area contributed by atoms with E-state index >= 15 is 4.79 Å². The van der Waals surface area contributed by atoms with E-state index in [-0.39, 0.29) is 48.3 Å². The summed E-state index contributed by atoms with van der Waals surface area (Å²) in [4.78, 5) is 47.3. The first-order chi connectivity index (χ1) is 28.8. The number of allylic oxidation sites excluding steroid dienone is 3. The Bertz CT molecular complexity index is 2280. The molecule has 0 saturated carbocycles. The summed E-state index contributed by atoms with van der Waals surface area (Å²) in [5.74, 6) is -0.119. The Labute approximate surface area is 356 Å². The number of benzene rings is 4. The molecule has 60 heavy (non-hydrogen) atoms. The van der Waals surface area contributed by atoms with Gasteiger partial charge >= 0.3 is 0 Å². The second-order valence-electron chi connectivity index (χ2n) is 17.5. The maximum Gasteiger partial charge on any atom is 0.264 e. The molecule has 7 rings (SSSR count). The van der Waals surface area contributed by atoms with E-state index in [1.54, 1.807) is 24.1 Å². The molecule has 9 nitrogen and oxygen atoms in total.